The lowest BCUT2D eigenvalue weighted by molar-refractivity contribution is 0.452. The predicted molar refractivity (Wildman–Crippen MR) is 90.2 cm³/mol. The first-order chi connectivity index (χ1) is 11.3. The molecule has 0 unspecified atom stereocenters. The Morgan fingerprint density at radius 2 is 1.52 bits per heavy atom. The highest BCUT2D eigenvalue weighted by molar-refractivity contribution is 5.91. The van der Waals surface area contributed by atoms with E-state index in [0.29, 0.717) is 22.4 Å². The first-order valence-electron chi connectivity index (χ1n) is 7.39. The van der Waals surface area contributed by atoms with E-state index in [2.05, 4.69) is 10.1 Å². The molecule has 0 saturated carbocycles. The summed E-state index contributed by atoms with van der Waals surface area (Å²) in [6.07, 6.45) is 0. The van der Waals surface area contributed by atoms with E-state index in [4.69, 9.17) is 4.52 Å². The number of hydrogen-bond acceptors (Lipinski definition) is 3. The number of aromatic nitrogens is 2. The molecular weight excluding hydrogens is 288 g/mol. The molecule has 4 aromatic rings. The minimum atomic E-state index is -0.0577. The van der Waals surface area contributed by atoms with Gasteiger partial charge in [0.05, 0.1) is 5.69 Å². The molecule has 0 bridgehead atoms. The number of rotatable bonds is 2. The molecule has 0 aliphatic rings. The van der Waals surface area contributed by atoms with Gasteiger partial charge in [0.25, 0.3) is 0 Å². The lowest BCUT2D eigenvalue weighted by Gasteiger charge is -2.05. The number of benzene rings is 2. The molecular formula is C19H14N2O2. The van der Waals surface area contributed by atoms with Crippen molar-refractivity contribution in [3.8, 4) is 22.5 Å². The SMILES string of the molecule is Cc1c(-c2ccccc2)[nH]c2onc(-c3ccccc3)c2c1=O. The predicted octanol–water partition coefficient (Wildman–Crippen LogP) is 4.16. The molecule has 112 valence electrons. The summed E-state index contributed by atoms with van der Waals surface area (Å²) in [4.78, 5) is 16.1. The summed E-state index contributed by atoms with van der Waals surface area (Å²) in [7, 11) is 0. The van der Waals surface area contributed by atoms with Crippen LogP contribution in [0.5, 0.6) is 0 Å². The number of fused-ring (bicyclic) bond motifs is 1. The minimum Gasteiger partial charge on any atom is -0.337 e. The minimum absolute atomic E-state index is 0.0577. The van der Waals surface area contributed by atoms with Crippen LogP contribution >= 0.6 is 0 Å². The van der Waals surface area contributed by atoms with Crippen LogP contribution in [0.1, 0.15) is 5.56 Å². The summed E-state index contributed by atoms with van der Waals surface area (Å²) in [5.41, 5.74) is 4.15. The molecule has 4 heteroatoms. The molecule has 0 aliphatic carbocycles. The molecule has 0 radical (unpaired) electrons. The van der Waals surface area contributed by atoms with Crippen LogP contribution < -0.4 is 5.43 Å². The summed E-state index contributed by atoms with van der Waals surface area (Å²) >= 11 is 0. The average molecular weight is 302 g/mol. The van der Waals surface area contributed by atoms with E-state index in [1.54, 1.807) is 0 Å². The van der Waals surface area contributed by atoms with E-state index < -0.39 is 0 Å². The van der Waals surface area contributed by atoms with Crippen molar-refractivity contribution in [2.45, 2.75) is 6.92 Å². The van der Waals surface area contributed by atoms with Crippen LogP contribution in [0.3, 0.4) is 0 Å². The molecule has 23 heavy (non-hydrogen) atoms. The van der Waals surface area contributed by atoms with Gasteiger partial charge in [-0.2, -0.15) is 0 Å². The van der Waals surface area contributed by atoms with Gasteiger partial charge in [-0.15, -0.1) is 0 Å². The van der Waals surface area contributed by atoms with Crippen molar-refractivity contribution < 1.29 is 4.52 Å². The fraction of sp³-hybridized carbons (Fsp3) is 0.0526. The Morgan fingerprint density at radius 1 is 0.913 bits per heavy atom. The summed E-state index contributed by atoms with van der Waals surface area (Å²) in [5.74, 6) is 0. The van der Waals surface area contributed by atoms with E-state index in [0.717, 1.165) is 16.8 Å². The Labute approximate surface area is 132 Å². The molecule has 2 heterocycles. The molecule has 0 amide bonds. The van der Waals surface area contributed by atoms with Crippen molar-refractivity contribution in [1.82, 2.24) is 10.1 Å². The molecule has 0 atom stereocenters. The van der Waals surface area contributed by atoms with E-state index >= 15 is 0 Å². The molecule has 1 N–H and O–H groups in total. The quantitative estimate of drug-likeness (QED) is 0.605. The van der Waals surface area contributed by atoms with E-state index in [1.165, 1.54) is 0 Å². The van der Waals surface area contributed by atoms with Crippen molar-refractivity contribution in [3.05, 3.63) is 76.5 Å². The third-order valence-electron chi connectivity index (χ3n) is 3.98. The third kappa shape index (κ3) is 2.16. The fourth-order valence-corrected chi connectivity index (χ4v) is 2.78. The Hall–Kier alpha value is -3.14. The second-order valence-corrected chi connectivity index (χ2v) is 5.42. The maximum atomic E-state index is 12.9. The first kappa shape index (κ1) is 13.5. The summed E-state index contributed by atoms with van der Waals surface area (Å²) in [6.45, 7) is 1.82. The second-order valence-electron chi connectivity index (χ2n) is 5.42. The zero-order valence-corrected chi connectivity index (χ0v) is 12.5. The highest BCUT2D eigenvalue weighted by Gasteiger charge is 2.18. The zero-order chi connectivity index (χ0) is 15.8. The number of nitrogens with one attached hydrogen (secondary N) is 1. The number of hydrogen-bond donors (Lipinski definition) is 1. The van der Waals surface area contributed by atoms with E-state index in [-0.39, 0.29) is 5.43 Å². The van der Waals surface area contributed by atoms with Crippen LogP contribution in [0.25, 0.3) is 33.6 Å². The number of pyridine rings is 1. The lowest BCUT2D eigenvalue weighted by Crippen LogP contribution is -2.09. The van der Waals surface area contributed by atoms with Gasteiger partial charge in [-0.25, -0.2) is 0 Å². The molecule has 0 aliphatic heterocycles. The van der Waals surface area contributed by atoms with Gasteiger partial charge in [0.2, 0.25) is 5.71 Å². The van der Waals surface area contributed by atoms with Gasteiger partial charge < -0.3 is 9.51 Å². The van der Waals surface area contributed by atoms with Gasteiger partial charge >= 0.3 is 0 Å². The maximum Gasteiger partial charge on any atom is 0.241 e. The van der Waals surface area contributed by atoms with Gasteiger partial charge in [0, 0.05) is 11.1 Å². The fourth-order valence-electron chi connectivity index (χ4n) is 2.78. The highest BCUT2D eigenvalue weighted by atomic mass is 16.5. The van der Waals surface area contributed by atoms with Crippen molar-refractivity contribution in [1.29, 1.82) is 0 Å². The van der Waals surface area contributed by atoms with Gasteiger partial charge in [-0.05, 0) is 12.5 Å². The monoisotopic (exact) mass is 302 g/mol. The van der Waals surface area contributed by atoms with E-state index in [9.17, 15) is 4.79 Å². The zero-order valence-electron chi connectivity index (χ0n) is 12.5. The van der Waals surface area contributed by atoms with Crippen LogP contribution in [0.2, 0.25) is 0 Å². The average Bonchev–Trinajstić information content (AvgIpc) is 3.04. The smallest absolute Gasteiger partial charge is 0.241 e. The molecule has 4 rings (SSSR count). The van der Waals surface area contributed by atoms with Crippen molar-refractivity contribution >= 4 is 11.1 Å². The van der Waals surface area contributed by atoms with Crippen LogP contribution in [-0.2, 0) is 0 Å². The van der Waals surface area contributed by atoms with Crippen LogP contribution in [0.15, 0.2) is 70.0 Å². The summed E-state index contributed by atoms with van der Waals surface area (Å²) in [5, 5.41) is 4.59. The van der Waals surface area contributed by atoms with Crippen LogP contribution in [0, 0.1) is 6.92 Å². The Balaban J connectivity index is 2.01. The normalized spacial score (nSPS) is 11.0. The lowest BCUT2D eigenvalue weighted by atomic mass is 10.0. The van der Waals surface area contributed by atoms with Gasteiger partial charge in [-0.1, -0.05) is 65.8 Å². The van der Waals surface area contributed by atoms with Crippen molar-refractivity contribution in [2.75, 3.05) is 0 Å². The van der Waals surface area contributed by atoms with Crippen molar-refractivity contribution in [2.24, 2.45) is 0 Å². The molecule has 4 nitrogen and oxygen atoms in total. The molecule has 0 saturated heterocycles. The number of nitrogens with zero attached hydrogens (tertiary/aromatic N) is 1. The van der Waals surface area contributed by atoms with Gasteiger partial charge in [0.1, 0.15) is 11.1 Å². The van der Waals surface area contributed by atoms with Crippen molar-refractivity contribution in [3.63, 3.8) is 0 Å². The number of H-pyrrole nitrogens is 1. The van der Waals surface area contributed by atoms with Crippen LogP contribution in [-0.4, -0.2) is 10.1 Å². The van der Waals surface area contributed by atoms with Gasteiger partial charge in [0.15, 0.2) is 5.43 Å². The Kier molecular flexibility index (Phi) is 3.08. The maximum absolute atomic E-state index is 12.9. The second kappa shape index (κ2) is 5.25. The standard InChI is InChI=1S/C19H14N2O2/c1-12-16(13-8-4-2-5-9-13)20-19-15(18(12)22)17(21-23-19)14-10-6-3-7-11-14/h2-11H,1H3,(H,20,22). The Bertz CT molecular complexity index is 1030. The molecule has 2 aromatic heterocycles. The van der Waals surface area contributed by atoms with Gasteiger partial charge in [-0.3, -0.25) is 4.79 Å². The van der Waals surface area contributed by atoms with E-state index in [1.807, 2.05) is 67.6 Å². The summed E-state index contributed by atoms with van der Waals surface area (Å²) < 4.78 is 5.40. The summed E-state index contributed by atoms with van der Waals surface area (Å²) in [6, 6.07) is 19.3. The first-order valence-corrected chi connectivity index (χ1v) is 7.39. The highest BCUT2D eigenvalue weighted by Crippen LogP contribution is 2.28. The van der Waals surface area contributed by atoms with Crippen LogP contribution in [0.4, 0.5) is 0 Å². The number of aromatic amines is 1. The molecule has 0 fully saturated rings. The third-order valence-corrected chi connectivity index (χ3v) is 3.98. The Morgan fingerprint density at radius 3 is 2.17 bits per heavy atom. The molecule has 0 spiro atoms. The molecule has 2 aromatic carbocycles. The largest absolute Gasteiger partial charge is 0.337 e. The topological polar surface area (TPSA) is 58.9 Å².